The molecule has 428 valence electrons. The minimum atomic E-state index is -3.76. The van der Waals surface area contributed by atoms with E-state index in [1.807, 2.05) is 90.0 Å². The van der Waals surface area contributed by atoms with Crippen molar-refractivity contribution in [3.8, 4) is 0 Å². The maximum absolute atomic E-state index is 12.3. The summed E-state index contributed by atoms with van der Waals surface area (Å²) < 4.78 is 90.7. The van der Waals surface area contributed by atoms with Crippen LogP contribution in [-0.2, 0) is 56.5 Å². The second kappa shape index (κ2) is 32.0. The Morgan fingerprint density at radius 2 is 0.904 bits per heavy atom. The van der Waals surface area contributed by atoms with E-state index in [0.717, 1.165) is 41.6 Å². The van der Waals surface area contributed by atoms with Gasteiger partial charge in [0.2, 0.25) is 0 Å². The zero-order valence-electron chi connectivity index (χ0n) is 46.3. The molecule has 2 aromatic carbocycles. The fourth-order valence-corrected chi connectivity index (χ4v) is 8.37. The number of hydrogen-bond donors (Lipinski definition) is 5. The van der Waals surface area contributed by atoms with Crippen LogP contribution < -0.4 is 0 Å². The lowest BCUT2D eigenvalue weighted by molar-refractivity contribution is -0.290. The van der Waals surface area contributed by atoms with Gasteiger partial charge in [0.15, 0.2) is 17.4 Å². The van der Waals surface area contributed by atoms with Gasteiger partial charge in [0.05, 0.1) is 94.7 Å². The Kier molecular flexibility index (Phi) is 31.5. The summed E-state index contributed by atoms with van der Waals surface area (Å²) in [5.74, 6) is -1.48. The van der Waals surface area contributed by atoms with E-state index in [1.165, 1.54) is 12.1 Å². The quantitative estimate of drug-likeness (QED) is 0.0459. The number of methoxy groups -OCH3 is 1. The van der Waals surface area contributed by atoms with Crippen LogP contribution in [0, 0.1) is 35.5 Å². The summed E-state index contributed by atoms with van der Waals surface area (Å²) in [6, 6.07) is 13.0. The summed E-state index contributed by atoms with van der Waals surface area (Å²) in [6.07, 6.45) is 3.33. The Hall–Kier alpha value is -1.16. The first-order chi connectivity index (χ1) is 33.6. The molecule has 5 N–H and O–H groups in total. The lowest BCUT2D eigenvalue weighted by Gasteiger charge is -2.42. The Balaban J connectivity index is 0.000000891. The maximum Gasteiger partial charge on any atom is 0.296 e. The smallest absolute Gasteiger partial charge is 0.296 e. The first kappa shape index (κ1) is 71.8. The lowest BCUT2D eigenvalue weighted by Crippen LogP contribution is -2.48. The average Bonchev–Trinajstić information content (AvgIpc) is 3.36. The van der Waals surface area contributed by atoms with Gasteiger partial charge in [-0.3, -0.25) is 4.18 Å². The number of rotatable bonds is 16. The number of alkyl halides is 1. The number of aryl methyl sites for hydroxylation is 2. The van der Waals surface area contributed by atoms with Crippen molar-refractivity contribution in [1.29, 1.82) is 0 Å². The summed E-state index contributed by atoms with van der Waals surface area (Å²) in [5.41, 5.74) is 0.633. The van der Waals surface area contributed by atoms with E-state index < -0.39 is 41.6 Å². The fraction of sp³-hybridized carbons (Fsp3) is 0.769. The summed E-state index contributed by atoms with van der Waals surface area (Å²) >= 11 is 2.41. The molecule has 0 amide bonds. The van der Waals surface area contributed by atoms with Crippen molar-refractivity contribution in [2.45, 2.75) is 155 Å². The minimum absolute atomic E-state index is 0.0514. The summed E-state index contributed by atoms with van der Waals surface area (Å²) in [6.45, 7) is 30.4. The van der Waals surface area contributed by atoms with Gasteiger partial charge >= 0.3 is 0 Å². The van der Waals surface area contributed by atoms with Gasteiger partial charge in [-0.2, -0.15) is 8.42 Å². The second-order valence-electron chi connectivity index (χ2n) is 21.0. The van der Waals surface area contributed by atoms with E-state index in [0.29, 0.717) is 39.3 Å². The van der Waals surface area contributed by atoms with Crippen molar-refractivity contribution in [2.75, 3.05) is 90.8 Å². The van der Waals surface area contributed by atoms with Crippen LogP contribution in [0.15, 0.2) is 58.3 Å². The summed E-state index contributed by atoms with van der Waals surface area (Å²) in [7, 11) is -0.649. The third-order valence-electron chi connectivity index (χ3n) is 13.0. The number of aliphatic hydroxyl groups is 5. The van der Waals surface area contributed by atoms with E-state index in [2.05, 4.69) is 29.5 Å². The van der Waals surface area contributed by atoms with E-state index >= 15 is 0 Å². The molecule has 0 unspecified atom stereocenters. The zero-order valence-corrected chi connectivity index (χ0v) is 50.9. The van der Waals surface area contributed by atoms with Crippen molar-refractivity contribution in [3.05, 3.63) is 59.7 Å². The summed E-state index contributed by atoms with van der Waals surface area (Å²) in [5, 5.41) is 43.6. The van der Waals surface area contributed by atoms with E-state index in [4.69, 9.17) is 73.6 Å². The van der Waals surface area contributed by atoms with Crippen LogP contribution in [0.5, 0.6) is 0 Å². The highest BCUT2D eigenvalue weighted by Gasteiger charge is 2.41. The van der Waals surface area contributed by atoms with Gasteiger partial charge in [0.1, 0.15) is 0 Å². The second-order valence-corrected chi connectivity index (χ2v) is 26.0. The third kappa shape index (κ3) is 26.4. The SMILES string of the molecule is CCC(CO)(CO)CO.CCC1(CI)COC(C)(C)OC1.CCC1(CO)COC(C)(C)OC1.CCC1(COS(=O)(=O)c2ccc(C)cc2)COC(C)(C)OC1.COC(C)(C)CO.Cc1ccc(S(=O)(=O)Cl)cc1. The molecule has 2 aromatic rings. The van der Waals surface area contributed by atoms with E-state index in [9.17, 15) is 16.8 Å². The van der Waals surface area contributed by atoms with Gasteiger partial charge in [-0.05, 0) is 119 Å². The van der Waals surface area contributed by atoms with Crippen molar-refractivity contribution in [3.63, 3.8) is 0 Å². The molecule has 0 saturated carbocycles. The Morgan fingerprint density at radius 1 is 0.575 bits per heavy atom. The number of halogens is 2. The maximum atomic E-state index is 12.3. The average molecular weight is 1220 g/mol. The van der Waals surface area contributed by atoms with E-state index in [1.54, 1.807) is 43.5 Å². The van der Waals surface area contributed by atoms with Crippen molar-refractivity contribution in [2.24, 2.45) is 21.7 Å². The number of benzene rings is 2. The number of ether oxygens (including phenoxy) is 7. The van der Waals surface area contributed by atoms with Crippen molar-refractivity contribution in [1.82, 2.24) is 0 Å². The Labute approximate surface area is 457 Å². The largest absolute Gasteiger partial charge is 0.396 e. The molecule has 17 nitrogen and oxygen atoms in total. The van der Waals surface area contributed by atoms with Crippen LogP contribution in [0.4, 0.5) is 0 Å². The molecular weight excluding hydrogens is 1120 g/mol. The van der Waals surface area contributed by atoms with Gasteiger partial charge in [-0.15, -0.1) is 0 Å². The first-order valence-corrected chi connectivity index (χ1v) is 29.8. The molecule has 21 heteroatoms. The lowest BCUT2D eigenvalue weighted by atomic mass is 9.87. The molecular formula is C52H92ClIO17S2. The standard InChI is InChI=1S/C16H24O5S.C9H17IO2.C9H18O3.C7H7ClO2S.C6H14O3.C5H12O2/c1-5-16(10-19-15(3,4)20-11-16)12-21-22(17,18)14-8-6-13(2)7-9-14;2*1-4-9(5-10)6-11-8(2,3)12-7-9;1-6-2-4-7(5-3-6)11(8,9)10;1-2-6(3-7,4-8)5-9;1-5(2,4-6)7-3/h6-9H,5,10-12H2,1-4H3;4-7H2,1-3H3;10H,4-7H2,1-3H3;2-5H,1H3;7-9H,2-5H2,1H3;6H,4H2,1-3H3. The minimum Gasteiger partial charge on any atom is -0.396 e. The predicted octanol–water partition coefficient (Wildman–Crippen LogP) is 8.32. The third-order valence-corrected chi connectivity index (χ3v) is 17.3. The molecule has 0 aliphatic carbocycles. The van der Waals surface area contributed by atoms with Crippen LogP contribution in [0.2, 0.25) is 0 Å². The molecule has 3 aliphatic heterocycles. The molecule has 0 spiro atoms. The zero-order chi connectivity index (χ0) is 56.6. The highest BCUT2D eigenvalue weighted by atomic mass is 127. The molecule has 0 radical (unpaired) electrons. The molecule has 3 fully saturated rings. The van der Waals surface area contributed by atoms with Crippen LogP contribution in [0.25, 0.3) is 0 Å². The normalized spacial score (nSPS) is 19.5. The Bertz CT molecular complexity index is 1940. The topological polar surface area (TPSA) is 243 Å². The fourth-order valence-electron chi connectivity index (χ4n) is 5.61. The van der Waals surface area contributed by atoms with Crippen LogP contribution in [0.1, 0.15) is 120 Å². The Morgan fingerprint density at radius 3 is 1.14 bits per heavy atom. The van der Waals surface area contributed by atoms with Gasteiger partial charge < -0.3 is 58.7 Å². The first-order valence-electron chi connectivity index (χ1n) is 24.6. The van der Waals surface area contributed by atoms with Crippen LogP contribution in [0.3, 0.4) is 0 Å². The number of aliphatic hydroxyl groups excluding tert-OH is 5. The van der Waals surface area contributed by atoms with Gasteiger partial charge in [-0.25, -0.2) is 8.42 Å². The van der Waals surface area contributed by atoms with Gasteiger partial charge in [0, 0.05) is 43.9 Å². The molecule has 0 bridgehead atoms. The molecule has 73 heavy (non-hydrogen) atoms. The molecule has 3 aliphatic rings. The highest BCUT2D eigenvalue weighted by molar-refractivity contribution is 14.1. The van der Waals surface area contributed by atoms with Crippen molar-refractivity contribution >= 4 is 52.4 Å². The molecule has 0 atom stereocenters. The number of hydrogen-bond acceptors (Lipinski definition) is 17. The molecule has 3 heterocycles. The summed E-state index contributed by atoms with van der Waals surface area (Å²) in [4.78, 5) is 0.312. The molecule has 0 aromatic heterocycles. The van der Waals surface area contributed by atoms with Gasteiger partial charge in [-0.1, -0.05) is 85.7 Å². The van der Waals surface area contributed by atoms with Crippen LogP contribution in [-0.4, -0.2) is 156 Å². The predicted molar refractivity (Wildman–Crippen MR) is 293 cm³/mol. The van der Waals surface area contributed by atoms with Crippen LogP contribution >= 0.6 is 33.3 Å². The van der Waals surface area contributed by atoms with Gasteiger partial charge in [0.25, 0.3) is 19.2 Å². The monoisotopic (exact) mass is 1210 g/mol. The molecule has 3 saturated heterocycles. The molecule has 5 rings (SSSR count). The van der Waals surface area contributed by atoms with E-state index in [-0.39, 0.29) is 71.7 Å². The van der Waals surface area contributed by atoms with Crippen molar-refractivity contribution < 1.29 is 79.7 Å². The highest BCUT2D eigenvalue weighted by Crippen LogP contribution is 2.36.